The minimum Gasteiger partial charge on any atom is -0.354 e. The molecule has 7 heteroatoms. The van der Waals surface area contributed by atoms with E-state index in [0.717, 1.165) is 25.1 Å². The van der Waals surface area contributed by atoms with E-state index in [1.54, 1.807) is 24.5 Å². The zero-order valence-electron chi connectivity index (χ0n) is 12.8. The Kier molecular flexibility index (Phi) is 4.56. The van der Waals surface area contributed by atoms with Crippen LogP contribution in [0.2, 0.25) is 0 Å². The zero-order chi connectivity index (χ0) is 16.1. The maximum atomic E-state index is 13.0. The van der Waals surface area contributed by atoms with Crippen LogP contribution in [0, 0.1) is 5.82 Å². The SMILES string of the molecule is CCCCNc1nc(Nc2ccc(F)cc2)c2nccnc2n1. The summed E-state index contributed by atoms with van der Waals surface area (Å²) in [6.45, 7) is 2.91. The molecule has 3 aromatic rings. The lowest BCUT2D eigenvalue weighted by Gasteiger charge is -2.10. The summed E-state index contributed by atoms with van der Waals surface area (Å²) in [5, 5.41) is 6.33. The molecule has 0 spiro atoms. The molecule has 2 heterocycles. The van der Waals surface area contributed by atoms with Gasteiger partial charge in [0.05, 0.1) is 0 Å². The molecule has 2 N–H and O–H groups in total. The van der Waals surface area contributed by atoms with Crippen LogP contribution in [0.15, 0.2) is 36.7 Å². The predicted molar refractivity (Wildman–Crippen MR) is 88.2 cm³/mol. The van der Waals surface area contributed by atoms with Crippen LogP contribution >= 0.6 is 0 Å². The van der Waals surface area contributed by atoms with Gasteiger partial charge in [-0.25, -0.2) is 14.4 Å². The lowest BCUT2D eigenvalue weighted by molar-refractivity contribution is 0.628. The molecule has 0 aliphatic rings. The summed E-state index contributed by atoms with van der Waals surface area (Å²) in [6.07, 6.45) is 5.29. The quantitative estimate of drug-likeness (QED) is 0.678. The number of nitrogens with zero attached hydrogens (tertiary/aromatic N) is 4. The average Bonchev–Trinajstić information content (AvgIpc) is 2.57. The summed E-state index contributed by atoms with van der Waals surface area (Å²) >= 11 is 0. The third-order valence-corrected chi connectivity index (χ3v) is 3.25. The van der Waals surface area contributed by atoms with Gasteiger partial charge >= 0.3 is 0 Å². The molecule has 0 atom stereocenters. The highest BCUT2D eigenvalue weighted by Gasteiger charge is 2.10. The predicted octanol–water partition coefficient (Wildman–Crippen LogP) is 3.51. The highest BCUT2D eigenvalue weighted by molar-refractivity contribution is 5.85. The topological polar surface area (TPSA) is 75.6 Å². The molecule has 0 amide bonds. The molecule has 23 heavy (non-hydrogen) atoms. The van der Waals surface area contributed by atoms with E-state index in [1.165, 1.54) is 12.1 Å². The smallest absolute Gasteiger partial charge is 0.226 e. The average molecular weight is 312 g/mol. The van der Waals surface area contributed by atoms with E-state index in [-0.39, 0.29) is 5.82 Å². The van der Waals surface area contributed by atoms with Crippen LogP contribution in [0.4, 0.5) is 21.8 Å². The summed E-state index contributed by atoms with van der Waals surface area (Å²) in [6, 6.07) is 6.06. The Hall–Kier alpha value is -2.83. The molecule has 1 aromatic carbocycles. The Balaban J connectivity index is 1.94. The standard InChI is InChI=1S/C16H17FN6/c1-2-3-8-20-16-22-14-13(18-9-10-19-14)15(23-16)21-12-6-4-11(17)5-7-12/h4-7,9-10H,2-3,8H2,1H3,(H2,19,20,21,22,23). The summed E-state index contributed by atoms with van der Waals surface area (Å²) in [5.74, 6) is 0.745. The number of anilines is 3. The van der Waals surface area contributed by atoms with Crippen molar-refractivity contribution in [2.45, 2.75) is 19.8 Å². The van der Waals surface area contributed by atoms with Crippen LogP contribution < -0.4 is 10.6 Å². The van der Waals surface area contributed by atoms with Crippen molar-refractivity contribution in [3.8, 4) is 0 Å². The highest BCUT2D eigenvalue weighted by atomic mass is 19.1. The van der Waals surface area contributed by atoms with Crippen LogP contribution in [-0.2, 0) is 0 Å². The van der Waals surface area contributed by atoms with Crippen molar-refractivity contribution in [1.29, 1.82) is 0 Å². The normalized spacial score (nSPS) is 10.7. The van der Waals surface area contributed by atoms with Gasteiger partial charge in [-0.3, -0.25) is 0 Å². The molecule has 6 nitrogen and oxygen atoms in total. The first-order valence-electron chi connectivity index (χ1n) is 7.51. The molecule has 0 saturated carbocycles. The van der Waals surface area contributed by atoms with Crippen molar-refractivity contribution >= 4 is 28.6 Å². The van der Waals surface area contributed by atoms with Gasteiger partial charge < -0.3 is 10.6 Å². The lowest BCUT2D eigenvalue weighted by Crippen LogP contribution is -2.08. The van der Waals surface area contributed by atoms with Gasteiger partial charge in [-0.1, -0.05) is 13.3 Å². The van der Waals surface area contributed by atoms with E-state index >= 15 is 0 Å². The molecule has 0 fully saturated rings. The maximum absolute atomic E-state index is 13.0. The van der Waals surface area contributed by atoms with Crippen LogP contribution in [0.1, 0.15) is 19.8 Å². The van der Waals surface area contributed by atoms with Gasteiger partial charge in [0.15, 0.2) is 17.0 Å². The number of fused-ring (bicyclic) bond motifs is 1. The monoisotopic (exact) mass is 312 g/mol. The fourth-order valence-corrected chi connectivity index (χ4v) is 2.08. The Morgan fingerprint density at radius 2 is 1.83 bits per heavy atom. The molecule has 0 radical (unpaired) electrons. The number of rotatable bonds is 6. The van der Waals surface area contributed by atoms with Crippen molar-refractivity contribution in [1.82, 2.24) is 19.9 Å². The minimum absolute atomic E-state index is 0.287. The molecular weight excluding hydrogens is 295 g/mol. The van der Waals surface area contributed by atoms with Crippen LogP contribution in [0.5, 0.6) is 0 Å². The lowest BCUT2D eigenvalue weighted by atomic mass is 10.3. The first kappa shape index (κ1) is 15.1. The minimum atomic E-state index is -0.287. The van der Waals surface area contributed by atoms with Crippen LogP contribution in [0.25, 0.3) is 11.2 Å². The molecule has 0 aliphatic heterocycles. The van der Waals surface area contributed by atoms with Crippen LogP contribution in [-0.4, -0.2) is 26.5 Å². The molecule has 0 aliphatic carbocycles. The Labute approximate surface area is 133 Å². The summed E-state index contributed by atoms with van der Waals surface area (Å²) in [5.41, 5.74) is 1.79. The molecule has 118 valence electrons. The third kappa shape index (κ3) is 3.68. The first-order valence-corrected chi connectivity index (χ1v) is 7.51. The van der Waals surface area contributed by atoms with Crippen molar-refractivity contribution in [2.24, 2.45) is 0 Å². The van der Waals surface area contributed by atoms with Crippen LogP contribution in [0.3, 0.4) is 0 Å². The Bertz CT molecular complexity index is 790. The second kappa shape index (κ2) is 6.95. The number of unbranched alkanes of at least 4 members (excludes halogenated alkanes) is 1. The van der Waals surface area contributed by atoms with E-state index in [4.69, 9.17) is 0 Å². The Morgan fingerprint density at radius 1 is 1.04 bits per heavy atom. The highest BCUT2D eigenvalue weighted by Crippen LogP contribution is 2.22. The Morgan fingerprint density at radius 3 is 2.61 bits per heavy atom. The number of hydrogen-bond acceptors (Lipinski definition) is 6. The maximum Gasteiger partial charge on any atom is 0.226 e. The number of hydrogen-bond donors (Lipinski definition) is 2. The van der Waals surface area contributed by atoms with E-state index in [2.05, 4.69) is 37.5 Å². The third-order valence-electron chi connectivity index (χ3n) is 3.25. The number of aromatic nitrogens is 4. The van der Waals surface area contributed by atoms with Gasteiger partial charge in [0.2, 0.25) is 5.95 Å². The summed E-state index contributed by atoms with van der Waals surface area (Å²) < 4.78 is 13.0. The van der Waals surface area contributed by atoms with Crippen molar-refractivity contribution in [3.05, 3.63) is 42.5 Å². The first-order chi connectivity index (χ1) is 11.3. The zero-order valence-corrected chi connectivity index (χ0v) is 12.8. The van der Waals surface area contributed by atoms with Gasteiger partial charge in [-0.2, -0.15) is 9.97 Å². The van der Waals surface area contributed by atoms with E-state index in [9.17, 15) is 4.39 Å². The number of nitrogens with one attached hydrogen (secondary N) is 2. The van der Waals surface area contributed by atoms with E-state index in [1.807, 2.05) is 0 Å². The molecule has 0 unspecified atom stereocenters. The van der Waals surface area contributed by atoms with Crippen molar-refractivity contribution in [3.63, 3.8) is 0 Å². The fourth-order valence-electron chi connectivity index (χ4n) is 2.08. The van der Waals surface area contributed by atoms with Gasteiger partial charge in [0.25, 0.3) is 0 Å². The van der Waals surface area contributed by atoms with Crippen molar-refractivity contribution in [2.75, 3.05) is 17.2 Å². The van der Waals surface area contributed by atoms with Gasteiger partial charge in [-0.15, -0.1) is 0 Å². The largest absolute Gasteiger partial charge is 0.354 e. The van der Waals surface area contributed by atoms with E-state index < -0.39 is 0 Å². The van der Waals surface area contributed by atoms with Gasteiger partial charge in [0.1, 0.15) is 5.82 Å². The summed E-state index contributed by atoms with van der Waals surface area (Å²) in [4.78, 5) is 17.3. The second-order valence-electron chi connectivity index (χ2n) is 5.04. The second-order valence-corrected chi connectivity index (χ2v) is 5.04. The number of halogens is 1. The van der Waals surface area contributed by atoms with Crippen molar-refractivity contribution < 1.29 is 4.39 Å². The molecule has 0 saturated heterocycles. The van der Waals surface area contributed by atoms with Gasteiger partial charge in [-0.05, 0) is 30.7 Å². The fraction of sp³-hybridized carbons (Fsp3) is 0.250. The van der Waals surface area contributed by atoms with Gasteiger partial charge in [0, 0.05) is 24.6 Å². The molecule has 2 aromatic heterocycles. The number of benzene rings is 1. The summed E-state index contributed by atoms with van der Waals surface area (Å²) in [7, 11) is 0. The molecule has 3 rings (SSSR count). The molecular formula is C16H17FN6. The van der Waals surface area contributed by atoms with E-state index in [0.29, 0.717) is 22.9 Å². The molecule has 0 bridgehead atoms.